The SMILES string of the molecule is C=Cc1ccc(C=C)cc1.C=Cc1ccccc1.C[N+](C)(C)Cc1ccccc1.[BH4-]. The number of nitrogens with zero attached hydrogens (tertiary/aromatic N) is 1. The van der Waals surface area contributed by atoms with Gasteiger partial charge in [-0.2, -0.15) is 0 Å². The molecular formula is C28H38BN. The predicted octanol–water partition coefficient (Wildman–Crippen LogP) is 5.74. The average Bonchev–Trinajstić information content (AvgIpc) is 2.75. The summed E-state index contributed by atoms with van der Waals surface area (Å²) in [5.41, 5.74) is 4.86. The summed E-state index contributed by atoms with van der Waals surface area (Å²) in [6.45, 7) is 12.1. The van der Waals surface area contributed by atoms with Gasteiger partial charge in [-0.05, 0) is 16.7 Å². The molecule has 0 fully saturated rings. The first-order valence-corrected chi connectivity index (χ1v) is 9.74. The second-order valence-corrected chi connectivity index (χ2v) is 7.62. The summed E-state index contributed by atoms with van der Waals surface area (Å²) in [5, 5.41) is 0. The van der Waals surface area contributed by atoms with Crippen LogP contribution in [-0.2, 0) is 6.54 Å². The van der Waals surface area contributed by atoms with Crippen LogP contribution in [0.5, 0.6) is 0 Å². The van der Waals surface area contributed by atoms with Crippen molar-refractivity contribution in [1.29, 1.82) is 0 Å². The van der Waals surface area contributed by atoms with Crippen molar-refractivity contribution in [2.75, 3.05) is 21.1 Å². The lowest BCUT2D eigenvalue weighted by atomic mass is 10.1. The molecule has 0 aliphatic heterocycles. The van der Waals surface area contributed by atoms with Gasteiger partial charge in [0.2, 0.25) is 0 Å². The van der Waals surface area contributed by atoms with Crippen molar-refractivity contribution in [2.45, 2.75) is 6.54 Å². The first-order valence-electron chi connectivity index (χ1n) is 9.74. The van der Waals surface area contributed by atoms with Crippen molar-refractivity contribution in [3.63, 3.8) is 0 Å². The highest BCUT2D eigenvalue weighted by Crippen LogP contribution is 2.06. The molecule has 3 aromatic carbocycles. The maximum Gasteiger partial charge on any atom is 0.104 e. The Morgan fingerprint density at radius 2 is 0.900 bits per heavy atom. The molecule has 0 atom stereocenters. The molecule has 0 heterocycles. The van der Waals surface area contributed by atoms with Crippen molar-refractivity contribution < 1.29 is 4.48 Å². The van der Waals surface area contributed by atoms with Gasteiger partial charge in [0.05, 0.1) is 21.1 Å². The molecule has 30 heavy (non-hydrogen) atoms. The topological polar surface area (TPSA) is 0 Å². The first-order chi connectivity index (χ1) is 13.9. The molecule has 158 valence electrons. The van der Waals surface area contributed by atoms with E-state index in [4.69, 9.17) is 0 Å². The largest absolute Gasteiger partial charge is 0.327 e. The van der Waals surface area contributed by atoms with Crippen LogP contribution in [0.3, 0.4) is 0 Å². The maximum atomic E-state index is 3.66. The van der Waals surface area contributed by atoms with E-state index in [2.05, 4.69) is 71.2 Å². The average molecular weight is 399 g/mol. The third-order valence-electron chi connectivity index (χ3n) is 3.94. The molecule has 0 bridgehead atoms. The van der Waals surface area contributed by atoms with E-state index in [0.717, 1.165) is 22.2 Å². The molecule has 0 radical (unpaired) electrons. The Balaban J connectivity index is 0.000000418. The fourth-order valence-electron chi connectivity index (χ4n) is 2.49. The molecule has 0 N–H and O–H groups in total. The number of benzene rings is 3. The minimum atomic E-state index is 0. The standard InChI is InChI=1S/C10H16N.C10H10.C8H8.BH4/c1-11(2,3)9-10-7-5-4-6-8-10;1-3-9-5-7-10(4-2)8-6-9;1-2-8-6-4-3-5-7-8;/h4-8H,9H2,1-3H3;3-8H,1-2H2;2-7H,1H2;1H4/q+1;;;-1. The minimum absolute atomic E-state index is 0. The third-order valence-corrected chi connectivity index (χ3v) is 3.94. The van der Waals surface area contributed by atoms with Crippen molar-refractivity contribution in [3.8, 4) is 0 Å². The van der Waals surface area contributed by atoms with Gasteiger partial charge in [-0.1, -0.05) is 131 Å². The number of hydrogen-bond acceptors (Lipinski definition) is 0. The Kier molecular flexibility index (Phi) is 13.3. The van der Waals surface area contributed by atoms with Crippen LogP contribution in [0.1, 0.15) is 22.3 Å². The number of hydrogen-bond donors (Lipinski definition) is 0. The van der Waals surface area contributed by atoms with Gasteiger partial charge in [0.15, 0.2) is 0 Å². The van der Waals surface area contributed by atoms with E-state index in [0.29, 0.717) is 0 Å². The second kappa shape index (κ2) is 14.8. The molecule has 0 saturated carbocycles. The highest BCUT2D eigenvalue weighted by molar-refractivity contribution is 5.75. The summed E-state index contributed by atoms with van der Waals surface area (Å²) in [6, 6.07) is 28.7. The van der Waals surface area contributed by atoms with E-state index in [1.165, 1.54) is 11.1 Å². The zero-order chi connectivity index (χ0) is 21.5. The summed E-state index contributed by atoms with van der Waals surface area (Å²) in [6.07, 6.45) is 5.49. The van der Waals surface area contributed by atoms with E-state index in [9.17, 15) is 0 Å². The van der Waals surface area contributed by atoms with Crippen molar-refractivity contribution >= 4 is 26.6 Å². The lowest BCUT2D eigenvalue weighted by Gasteiger charge is -2.23. The Labute approximate surface area is 185 Å². The van der Waals surface area contributed by atoms with Gasteiger partial charge in [-0.3, -0.25) is 0 Å². The van der Waals surface area contributed by atoms with E-state index in [-0.39, 0.29) is 8.41 Å². The molecule has 3 aromatic rings. The molecule has 0 saturated heterocycles. The van der Waals surface area contributed by atoms with Gasteiger partial charge >= 0.3 is 0 Å². The van der Waals surface area contributed by atoms with Gasteiger partial charge < -0.3 is 4.48 Å². The normalized spacial score (nSPS) is 9.43. The summed E-state index contributed by atoms with van der Waals surface area (Å²) >= 11 is 0. The Hall–Kier alpha value is -3.10. The molecule has 3 rings (SSSR count). The molecule has 1 nitrogen and oxygen atoms in total. The van der Waals surface area contributed by atoms with Crippen molar-refractivity contribution in [2.24, 2.45) is 0 Å². The number of rotatable bonds is 5. The van der Waals surface area contributed by atoms with Gasteiger partial charge in [-0.15, -0.1) is 0 Å². The van der Waals surface area contributed by atoms with Gasteiger partial charge in [-0.25, -0.2) is 0 Å². The van der Waals surface area contributed by atoms with E-state index < -0.39 is 0 Å². The molecular weight excluding hydrogens is 361 g/mol. The Bertz CT molecular complexity index is 818. The van der Waals surface area contributed by atoms with Crippen molar-refractivity contribution in [1.82, 2.24) is 0 Å². The van der Waals surface area contributed by atoms with Crippen LogP contribution in [0, 0.1) is 0 Å². The van der Waals surface area contributed by atoms with E-state index in [1.54, 1.807) is 0 Å². The summed E-state index contributed by atoms with van der Waals surface area (Å²) in [7, 11) is 6.60. The van der Waals surface area contributed by atoms with Crippen molar-refractivity contribution in [3.05, 3.63) is 127 Å². The van der Waals surface area contributed by atoms with E-state index >= 15 is 0 Å². The zero-order valence-electron chi connectivity index (χ0n) is 18.1. The Morgan fingerprint density at radius 3 is 1.20 bits per heavy atom. The summed E-state index contributed by atoms with van der Waals surface area (Å²) < 4.78 is 0.990. The van der Waals surface area contributed by atoms with Crippen LogP contribution in [0.15, 0.2) is 105 Å². The highest BCUT2D eigenvalue weighted by atomic mass is 15.3. The maximum absolute atomic E-state index is 3.66. The summed E-state index contributed by atoms with van der Waals surface area (Å²) in [5.74, 6) is 0. The van der Waals surface area contributed by atoms with Gasteiger partial charge in [0.1, 0.15) is 6.54 Å². The monoisotopic (exact) mass is 399 g/mol. The molecule has 0 spiro atoms. The first kappa shape index (κ1) is 26.9. The fourth-order valence-corrected chi connectivity index (χ4v) is 2.49. The third kappa shape index (κ3) is 12.4. The molecule has 2 heteroatoms. The second-order valence-electron chi connectivity index (χ2n) is 7.62. The molecule has 0 amide bonds. The quantitative estimate of drug-likeness (QED) is 0.379. The zero-order valence-corrected chi connectivity index (χ0v) is 18.1. The van der Waals surface area contributed by atoms with Crippen LogP contribution < -0.4 is 0 Å². The van der Waals surface area contributed by atoms with Crippen LogP contribution in [0.25, 0.3) is 18.2 Å². The predicted molar refractivity (Wildman–Crippen MR) is 143 cm³/mol. The number of quaternary nitrogens is 1. The highest BCUT2D eigenvalue weighted by Gasteiger charge is 2.06. The lowest BCUT2D eigenvalue weighted by Crippen LogP contribution is -2.33. The molecule has 0 aliphatic rings. The smallest absolute Gasteiger partial charge is 0.104 e. The minimum Gasteiger partial charge on any atom is -0.327 e. The molecule has 0 unspecified atom stereocenters. The van der Waals surface area contributed by atoms with Gasteiger partial charge in [0, 0.05) is 5.56 Å². The van der Waals surface area contributed by atoms with Crippen LogP contribution in [0.2, 0.25) is 0 Å². The lowest BCUT2D eigenvalue weighted by molar-refractivity contribution is -0.884. The molecule has 0 aromatic heterocycles. The van der Waals surface area contributed by atoms with Crippen LogP contribution in [-0.4, -0.2) is 34.0 Å². The van der Waals surface area contributed by atoms with E-state index in [1.807, 2.05) is 72.8 Å². The summed E-state index contributed by atoms with van der Waals surface area (Å²) in [4.78, 5) is 0. The Morgan fingerprint density at radius 1 is 0.567 bits per heavy atom. The van der Waals surface area contributed by atoms with Gasteiger partial charge in [0.25, 0.3) is 0 Å². The van der Waals surface area contributed by atoms with Crippen LogP contribution in [0.4, 0.5) is 0 Å². The fraction of sp³-hybridized carbons (Fsp3) is 0.143. The van der Waals surface area contributed by atoms with Crippen LogP contribution >= 0.6 is 0 Å². The molecule has 0 aliphatic carbocycles.